The van der Waals surface area contributed by atoms with E-state index in [1.54, 1.807) is 20.8 Å². The summed E-state index contributed by atoms with van der Waals surface area (Å²) in [5.74, 6) is -0.683. The Kier molecular flexibility index (Phi) is 5.46. The molecule has 0 heterocycles. The number of hydrogen-bond donors (Lipinski definition) is 2. The fourth-order valence-electron chi connectivity index (χ4n) is 1.44. The van der Waals surface area contributed by atoms with Gasteiger partial charge in [0, 0.05) is 5.69 Å². The number of carbonyl (C=O) groups excluding carboxylic acids is 1. The van der Waals surface area contributed by atoms with E-state index in [4.69, 9.17) is 4.74 Å². The molecule has 118 valence electrons. The first-order valence-corrected chi connectivity index (χ1v) is 6.43. The fraction of sp³-hybridized carbons (Fsp3) is 0.500. The predicted molar refractivity (Wildman–Crippen MR) is 75.3 cm³/mol. The molecule has 7 heteroatoms. The molecule has 1 unspecified atom stereocenters. The molecule has 0 aliphatic rings. The Hall–Kier alpha value is -1.92. The van der Waals surface area contributed by atoms with E-state index >= 15 is 0 Å². The highest BCUT2D eigenvalue weighted by Gasteiger charge is 2.18. The molecule has 21 heavy (non-hydrogen) atoms. The molecule has 4 nitrogen and oxygen atoms in total. The zero-order chi connectivity index (χ0) is 16.2. The van der Waals surface area contributed by atoms with E-state index < -0.39 is 30.0 Å². The highest BCUT2D eigenvalue weighted by molar-refractivity contribution is 5.85. The maximum Gasteiger partial charge on any atom is 0.412 e. The van der Waals surface area contributed by atoms with E-state index in [9.17, 15) is 18.0 Å². The Bertz CT molecular complexity index is 501. The first-order chi connectivity index (χ1) is 9.58. The average molecular weight is 304 g/mol. The van der Waals surface area contributed by atoms with Crippen LogP contribution in [0.5, 0.6) is 0 Å². The second-order valence-electron chi connectivity index (χ2n) is 5.59. The number of benzene rings is 1. The van der Waals surface area contributed by atoms with Gasteiger partial charge in [-0.2, -0.15) is 0 Å². The van der Waals surface area contributed by atoms with Crippen molar-refractivity contribution in [2.45, 2.75) is 45.8 Å². The summed E-state index contributed by atoms with van der Waals surface area (Å²) in [6.45, 7) is 6.34. The molecule has 0 aliphatic carbocycles. The number of rotatable bonds is 4. The Morgan fingerprint density at radius 3 is 2.43 bits per heavy atom. The van der Waals surface area contributed by atoms with Crippen LogP contribution in [0.4, 0.5) is 29.3 Å². The van der Waals surface area contributed by atoms with Gasteiger partial charge in [0.15, 0.2) is 0 Å². The van der Waals surface area contributed by atoms with Crippen LogP contribution in [0.15, 0.2) is 18.2 Å². The van der Waals surface area contributed by atoms with Crippen molar-refractivity contribution in [3.05, 3.63) is 24.0 Å². The van der Waals surface area contributed by atoms with Crippen LogP contribution in [-0.4, -0.2) is 24.2 Å². The molecule has 1 aromatic carbocycles. The second-order valence-corrected chi connectivity index (χ2v) is 5.59. The smallest absolute Gasteiger partial charge is 0.412 e. The van der Waals surface area contributed by atoms with Crippen LogP contribution in [0.2, 0.25) is 0 Å². The van der Waals surface area contributed by atoms with Crippen molar-refractivity contribution in [1.29, 1.82) is 0 Å². The third-order valence-electron chi connectivity index (χ3n) is 2.37. The molecule has 2 N–H and O–H groups in total. The monoisotopic (exact) mass is 304 g/mol. The normalized spacial score (nSPS) is 13.0. The standard InChI is InChI=1S/C14H19F3N2O2/c1-8(12(16)17)18-11-7-9(5-6-10(11)15)19-13(20)21-14(2,3)4/h5-8,12,18H,1-4H3,(H,19,20). The summed E-state index contributed by atoms with van der Waals surface area (Å²) in [5, 5.41) is 4.77. The van der Waals surface area contributed by atoms with E-state index in [0.29, 0.717) is 0 Å². The number of carbonyl (C=O) groups is 1. The van der Waals surface area contributed by atoms with Crippen molar-refractivity contribution >= 4 is 17.5 Å². The second kappa shape index (κ2) is 6.69. The average Bonchev–Trinajstić information content (AvgIpc) is 2.30. The maximum absolute atomic E-state index is 13.6. The van der Waals surface area contributed by atoms with E-state index in [1.165, 1.54) is 19.1 Å². The molecule has 0 spiro atoms. The van der Waals surface area contributed by atoms with Gasteiger partial charge in [0.05, 0.1) is 11.7 Å². The topological polar surface area (TPSA) is 50.4 Å². The van der Waals surface area contributed by atoms with E-state index in [2.05, 4.69) is 10.6 Å². The minimum Gasteiger partial charge on any atom is -0.444 e. The molecule has 0 radical (unpaired) electrons. The minimum atomic E-state index is -2.63. The minimum absolute atomic E-state index is 0.114. The number of amides is 1. The maximum atomic E-state index is 13.6. The lowest BCUT2D eigenvalue weighted by Crippen LogP contribution is -2.27. The Morgan fingerprint density at radius 2 is 1.90 bits per heavy atom. The molecular formula is C14H19F3N2O2. The van der Waals surface area contributed by atoms with Gasteiger partial charge in [0.1, 0.15) is 11.4 Å². The van der Waals surface area contributed by atoms with Crippen LogP contribution >= 0.6 is 0 Å². The number of halogens is 3. The molecule has 0 bridgehead atoms. The van der Waals surface area contributed by atoms with Gasteiger partial charge in [0.2, 0.25) is 0 Å². The predicted octanol–water partition coefficient (Wildman–Crippen LogP) is 4.24. The number of alkyl halides is 2. The molecule has 1 aromatic rings. The van der Waals surface area contributed by atoms with Crippen LogP contribution < -0.4 is 10.6 Å². The molecule has 1 atom stereocenters. The van der Waals surface area contributed by atoms with Gasteiger partial charge in [-0.25, -0.2) is 18.0 Å². The van der Waals surface area contributed by atoms with Crippen molar-refractivity contribution in [1.82, 2.24) is 0 Å². The summed E-state index contributed by atoms with van der Waals surface area (Å²) >= 11 is 0. The van der Waals surface area contributed by atoms with Crippen LogP contribution in [0.25, 0.3) is 0 Å². The Morgan fingerprint density at radius 1 is 1.29 bits per heavy atom. The van der Waals surface area contributed by atoms with Crippen molar-refractivity contribution < 1.29 is 22.7 Å². The lowest BCUT2D eigenvalue weighted by atomic mass is 10.2. The fourth-order valence-corrected chi connectivity index (χ4v) is 1.44. The zero-order valence-corrected chi connectivity index (χ0v) is 12.3. The Labute approximate surface area is 121 Å². The van der Waals surface area contributed by atoms with Gasteiger partial charge in [-0.05, 0) is 45.9 Å². The van der Waals surface area contributed by atoms with Gasteiger partial charge in [0.25, 0.3) is 6.43 Å². The summed E-state index contributed by atoms with van der Waals surface area (Å²) in [5.41, 5.74) is -0.541. The molecule has 0 saturated heterocycles. The molecule has 0 aliphatic heterocycles. The first kappa shape index (κ1) is 17.1. The lowest BCUT2D eigenvalue weighted by Gasteiger charge is -2.20. The summed E-state index contributed by atoms with van der Waals surface area (Å²) in [7, 11) is 0. The zero-order valence-electron chi connectivity index (χ0n) is 12.3. The van der Waals surface area contributed by atoms with E-state index in [1.807, 2.05) is 0 Å². The number of ether oxygens (including phenoxy) is 1. The highest BCUT2D eigenvalue weighted by Crippen LogP contribution is 2.22. The van der Waals surface area contributed by atoms with Crippen LogP contribution in [0.1, 0.15) is 27.7 Å². The largest absolute Gasteiger partial charge is 0.444 e. The van der Waals surface area contributed by atoms with Crippen molar-refractivity contribution in [3.63, 3.8) is 0 Å². The third kappa shape index (κ3) is 5.93. The SMILES string of the molecule is CC(Nc1cc(NC(=O)OC(C)(C)C)ccc1F)C(F)F. The van der Waals surface area contributed by atoms with Crippen molar-refractivity contribution in [2.75, 3.05) is 10.6 Å². The first-order valence-electron chi connectivity index (χ1n) is 6.43. The lowest BCUT2D eigenvalue weighted by molar-refractivity contribution is 0.0636. The number of nitrogens with one attached hydrogen (secondary N) is 2. The van der Waals surface area contributed by atoms with Crippen LogP contribution in [-0.2, 0) is 4.74 Å². The van der Waals surface area contributed by atoms with Gasteiger partial charge in [-0.15, -0.1) is 0 Å². The molecule has 1 rings (SSSR count). The highest BCUT2D eigenvalue weighted by atomic mass is 19.3. The summed E-state index contributed by atoms with van der Waals surface area (Å²) in [6, 6.07) is 2.42. The van der Waals surface area contributed by atoms with Gasteiger partial charge >= 0.3 is 6.09 Å². The van der Waals surface area contributed by atoms with Gasteiger partial charge < -0.3 is 10.1 Å². The summed E-state index contributed by atoms with van der Waals surface area (Å²) in [6.07, 6.45) is -3.34. The quantitative estimate of drug-likeness (QED) is 0.875. The van der Waals surface area contributed by atoms with Gasteiger partial charge in [-0.3, -0.25) is 5.32 Å². The van der Waals surface area contributed by atoms with E-state index in [0.717, 1.165) is 6.07 Å². The molecule has 0 saturated carbocycles. The third-order valence-corrected chi connectivity index (χ3v) is 2.37. The summed E-state index contributed by atoms with van der Waals surface area (Å²) in [4.78, 5) is 11.6. The van der Waals surface area contributed by atoms with Crippen LogP contribution in [0.3, 0.4) is 0 Å². The number of anilines is 2. The van der Waals surface area contributed by atoms with Crippen molar-refractivity contribution in [2.24, 2.45) is 0 Å². The molecular weight excluding hydrogens is 285 g/mol. The molecule has 1 amide bonds. The van der Waals surface area contributed by atoms with Crippen molar-refractivity contribution in [3.8, 4) is 0 Å². The van der Waals surface area contributed by atoms with E-state index in [-0.39, 0.29) is 11.4 Å². The van der Waals surface area contributed by atoms with Crippen LogP contribution in [0, 0.1) is 5.82 Å². The summed E-state index contributed by atoms with van der Waals surface area (Å²) < 4.78 is 43.5. The number of hydrogen-bond acceptors (Lipinski definition) is 3. The molecule has 0 fully saturated rings. The Balaban J connectivity index is 2.79. The van der Waals surface area contributed by atoms with Gasteiger partial charge in [-0.1, -0.05) is 0 Å². The molecule has 0 aromatic heterocycles.